The van der Waals surface area contributed by atoms with E-state index < -0.39 is 0 Å². The predicted octanol–water partition coefficient (Wildman–Crippen LogP) is 4.80. The zero-order chi connectivity index (χ0) is 16.2. The molecule has 3 rings (SSSR count). The minimum absolute atomic E-state index is 0.768. The van der Waals surface area contributed by atoms with Gasteiger partial charge in [0.2, 0.25) is 0 Å². The highest BCUT2D eigenvalue weighted by atomic mass is 15.1. The molecule has 0 bridgehead atoms. The van der Waals surface area contributed by atoms with Crippen LogP contribution in [0.3, 0.4) is 0 Å². The van der Waals surface area contributed by atoms with E-state index in [1.165, 1.54) is 5.69 Å². The van der Waals surface area contributed by atoms with Gasteiger partial charge in [0.1, 0.15) is 0 Å². The lowest BCUT2D eigenvalue weighted by Gasteiger charge is -2.26. The third kappa shape index (κ3) is 3.29. The van der Waals surface area contributed by atoms with Crippen LogP contribution in [0.2, 0.25) is 0 Å². The van der Waals surface area contributed by atoms with E-state index in [9.17, 15) is 0 Å². The number of nitrogens with zero attached hydrogens (tertiary/aromatic N) is 2. The molecular formula is C20H21N3. The molecule has 3 nitrogen and oxygen atoms in total. The van der Waals surface area contributed by atoms with Crippen molar-refractivity contribution in [2.45, 2.75) is 0 Å². The van der Waals surface area contributed by atoms with Crippen molar-refractivity contribution in [1.29, 1.82) is 0 Å². The van der Waals surface area contributed by atoms with E-state index in [1.54, 1.807) is 0 Å². The molecule has 0 aliphatic rings. The molecule has 0 unspecified atom stereocenters. The average molecular weight is 303 g/mol. The van der Waals surface area contributed by atoms with Crippen LogP contribution in [0, 0.1) is 0 Å². The summed E-state index contributed by atoms with van der Waals surface area (Å²) >= 11 is 0. The highest BCUT2D eigenvalue weighted by Crippen LogP contribution is 2.35. The molecule has 0 atom stereocenters. The quantitative estimate of drug-likeness (QED) is 0.702. The van der Waals surface area contributed by atoms with Gasteiger partial charge < -0.3 is 15.5 Å². The highest BCUT2D eigenvalue weighted by Gasteiger charge is 2.12. The van der Waals surface area contributed by atoms with Gasteiger partial charge in [-0.2, -0.15) is 0 Å². The molecule has 0 aromatic heterocycles. The van der Waals surface area contributed by atoms with Crippen molar-refractivity contribution in [3.63, 3.8) is 0 Å². The van der Waals surface area contributed by atoms with Crippen molar-refractivity contribution >= 4 is 28.4 Å². The summed E-state index contributed by atoms with van der Waals surface area (Å²) in [7, 11) is 4.09. The molecule has 0 heterocycles. The lowest BCUT2D eigenvalue weighted by atomic mass is 10.1. The third-order valence-corrected chi connectivity index (χ3v) is 3.79. The SMILES string of the molecule is CN(C)c1ccc(N(c2ccccc2)c2ccc(N)cc2)cc1. The van der Waals surface area contributed by atoms with Crippen molar-refractivity contribution in [2.75, 3.05) is 29.6 Å². The number of nitrogen functional groups attached to an aromatic ring is 1. The smallest absolute Gasteiger partial charge is 0.0463 e. The standard InChI is InChI=1S/C20H21N3/c1-22(2)17-12-14-20(15-13-17)23(18-6-4-3-5-7-18)19-10-8-16(21)9-11-19/h3-15H,21H2,1-2H3. The first-order chi connectivity index (χ1) is 11.1. The molecule has 3 heteroatoms. The number of hydrogen-bond donors (Lipinski definition) is 1. The maximum atomic E-state index is 5.83. The molecule has 0 amide bonds. The summed E-state index contributed by atoms with van der Waals surface area (Å²) in [5, 5.41) is 0. The molecule has 3 aromatic carbocycles. The normalized spacial score (nSPS) is 10.3. The Morgan fingerprint density at radius 1 is 0.565 bits per heavy atom. The second kappa shape index (κ2) is 6.44. The first kappa shape index (κ1) is 15.0. The molecular weight excluding hydrogens is 282 g/mol. The van der Waals surface area contributed by atoms with Crippen LogP contribution in [0.1, 0.15) is 0 Å². The summed E-state index contributed by atoms with van der Waals surface area (Å²) in [4.78, 5) is 4.32. The van der Waals surface area contributed by atoms with Crippen LogP contribution in [0.15, 0.2) is 78.9 Å². The van der Waals surface area contributed by atoms with Crippen molar-refractivity contribution in [3.05, 3.63) is 78.9 Å². The van der Waals surface area contributed by atoms with Gasteiger partial charge in [-0.15, -0.1) is 0 Å². The molecule has 0 spiro atoms. The monoisotopic (exact) mass is 303 g/mol. The number of para-hydroxylation sites is 1. The Morgan fingerprint density at radius 2 is 1.00 bits per heavy atom. The first-order valence-corrected chi connectivity index (χ1v) is 7.63. The summed E-state index contributed by atoms with van der Waals surface area (Å²) < 4.78 is 0. The Bertz CT molecular complexity index is 747. The van der Waals surface area contributed by atoms with Crippen LogP contribution in [0.25, 0.3) is 0 Å². The van der Waals surface area contributed by atoms with Crippen LogP contribution < -0.4 is 15.5 Å². The van der Waals surface area contributed by atoms with E-state index in [4.69, 9.17) is 5.73 Å². The number of anilines is 5. The average Bonchev–Trinajstić information content (AvgIpc) is 2.58. The maximum Gasteiger partial charge on any atom is 0.0463 e. The van der Waals surface area contributed by atoms with Crippen LogP contribution in [0.5, 0.6) is 0 Å². The van der Waals surface area contributed by atoms with Crippen molar-refractivity contribution < 1.29 is 0 Å². The van der Waals surface area contributed by atoms with E-state index in [1.807, 2.05) is 56.6 Å². The van der Waals surface area contributed by atoms with Gasteiger partial charge in [0.05, 0.1) is 0 Å². The van der Waals surface area contributed by atoms with Crippen LogP contribution in [-0.2, 0) is 0 Å². The largest absolute Gasteiger partial charge is 0.399 e. The van der Waals surface area contributed by atoms with Crippen LogP contribution in [0.4, 0.5) is 28.4 Å². The second-order valence-corrected chi connectivity index (χ2v) is 5.67. The third-order valence-electron chi connectivity index (χ3n) is 3.79. The van der Waals surface area contributed by atoms with E-state index in [-0.39, 0.29) is 0 Å². The number of benzene rings is 3. The summed E-state index contributed by atoms with van der Waals surface area (Å²) in [6.07, 6.45) is 0. The lowest BCUT2D eigenvalue weighted by Crippen LogP contribution is -2.11. The summed E-state index contributed by atoms with van der Waals surface area (Å²) in [5.41, 5.74) is 11.1. The molecule has 0 aliphatic heterocycles. The Kier molecular flexibility index (Phi) is 4.20. The van der Waals surface area contributed by atoms with Crippen molar-refractivity contribution in [1.82, 2.24) is 0 Å². The zero-order valence-electron chi connectivity index (χ0n) is 13.5. The minimum Gasteiger partial charge on any atom is -0.399 e. The summed E-state index contributed by atoms with van der Waals surface area (Å²) in [5.74, 6) is 0. The Labute approximate surface area is 137 Å². The van der Waals surface area contributed by atoms with E-state index in [0.29, 0.717) is 0 Å². The Morgan fingerprint density at radius 3 is 1.52 bits per heavy atom. The molecule has 0 saturated heterocycles. The Hall–Kier alpha value is -2.94. The predicted molar refractivity (Wildman–Crippen MR) is 99.9 cm³/mol. The number of rotatable bonds is 4. The number of nitrogens with two attached hydrogens (primary N) is 1. The van der Waals surface area contributed by atoms with Crippen LogP contribution in [-0.4, -0.2) is 14.1 Å². The molecule has 2 N–H and O–H groups in total. The maximum absolute atomic E-state index is 5.83. The molecule has 3 aromatic rings. The fourth-order valence-electron chi connectivity index (χ4n) is 2.55. The lowest BCUT2D eigenvalue weighted by molar-refractivity contribution is 1.13. The fourth-order valence-corrected chi connectivity index (χ4v) is 2.55. The van der Waals surface area contributed by atoms with Gasteiger partial charge in [-0.25, -0.2) is 0 Å². The number of hydrogen-bond acceptors (Lipinski definition) is 3. The van der Waals surface area contributed by atoms with Gasteiger partial charge in [-0.1, -0.05) is 18.2 Å². The first-order valence-electron chi connectivity index (χ1n) is 7.63. The zero-order valence-corrected chi connectivity index (χ0v) is 13.5. The second-order valence-electron chi connectivity index (χ2n) is 5.67. The molecule has 23 heavy (non-hydrogen) atoms. The van der Waals surface area contributed by atoms with E-state index >= 15 is 0 Å². The van der Waals surface area contributed by atoms with Gasteiger partial charge in [0.15, 0.2) is 0 Å². The topological polar surface area (TPSA) is 32.5 Å². The van der Waals surface area contributed by atoms with E-state index in [0.717, 1.165) is 22.7 Å². The van der Waals surface area contributed by atoms with Gasteiger partial charge in [0, 0.05) is 42.5 Å². The fraction of sp³-hybridized carbons (Fsp3) is 0.100. The van der Waals surface area contributed by atoms with Crippen LogP contribution >= 0.6 is 0 Å². The highest BCUT2D eigenvalue weighted by molar-refractivity contribution is 5.77. The van der Waals surface area contributed by atoms with E-state index in [2.05, 4.69) is 46.2 Å². The van der Waals surface area contributed by atoms with Gasteiger partial charge >= 0.3 is 0 Å². The molecule has 0 radical (unpaired) electrons. The van der Waals surface area contributed by atoms with Gasteiger partial charge in [0.25, 0.3) is 0 Å². The molecule has 116 valence electrons. The van der Waals surface area contributed by atoms with Crippen molar-refractivity contribution in [3.8, 4) is 0 Å². The van der Waals surface area contributed by atoms with Crippen molar-refractivity contribution in [2.24, 2.45) is 0 Å². The van der Waals surface area contributed by atoms with Gasteiger partial charge in [-0.05, 0) is 60.7 Å². The summed E-state index contributed by atoms with van der Waals surface area (Å²) in [6.45, 7) is 0. The van der Waals surface area contributed by atoms with Gasteiger partial charge in [-0.3, -0.25) is 0 Å². The molecule has 0 aliphatic carbocycles. The molecule has 0 saturated carbocycles. The molecule has 0 fully saturated rings. The minimum atomic E-state index is 0.768. The summed E-state index contributed by atoms with van der Waals surface area (Å²) in [6, 6.07) is 26.8. The Balaban J connectivity index is 2.06.